The summed E-state index contributed by atoms with van der Waals surface area (Å²) >= 11 is 2.11. The number of benzene rings is 1. The van der Waals surface area contributed by atoms with Gasteiger partial charge in [-0.3, -0.25) is 0 Å². The van der Waals surface area contributed by atoms with Crippen molar-refractivity contribution in [3.63, 3.8) is 0 Å². The SMILES string of the molecule is CC(C)(C#N)CCCOc1cc(C(=O)O)ccc1I. The van der Waals surface area contributed by atoms with Crippen LogP contribution in [0, 0.1) is 20.3 Å². The summed E-state index contributed by atoms with van der Waals surface area (Å²) in [6.45, 7) is 4.26. The molecule has 19 heavy (non-hydrogen) atoms. The number of carboxylic acids is 1. The van der Waals surface area contributed by atoms with E-state index in [1.165, 1.54) is 6.07 Å². The minimum atomic E-state index is -0.966. The van der Waals surface area contributed by atoms with Crippen LogP contribution in [0.25, 0.3) is 0 Å². The fraction of sp³-hybridized carbons (Fsp3) is 0.429. The summed E-state index contributed by atoms with van der Waals surface area (Å²) in [5, 5.41) is 17.8. The molecule has 0 aliphatic heterocycles. The van der Waals surface area contributed by atoms with Gasteiger partial charge in [0, 0.05) is 0 Å². The molecule has 0 spiro atoms. The molecule has 1 N–H and O–H groups in total. The summed E-state index contributed by atoms with van der Waals surface area (Å²) in [4.78, 5) is 10.9. The number of hydrogen-bond donors (Lipinski definition) is 1. The lowest BCUT2D eigenvalue weighted by atomic mass is 9.90. The lowest BCUT2D eigenvalue weighted by Crippen LogP contribution is -2.10. The van der Waals surface area contributed by atoms with Crippen molar-refractivity contribution in [2.45, 2.75) is 26.7 Å². The minimum Gasteiger partial charge on any atom is -0.492 e. The number of hydrogen-bond acceptors (Lipinski definition) is 3. The number of carboxylic acid groups (broad SMARTS) is 1. The first-order valence-corrected chi connectivity index (χ1v) is 7.00. The monoisotopic (exact) mass is 373 g/mol. The summed E-state index contributed by atoms with van der Waals surface area (Å²) in [7, 11) is 0. The molecule has 0 unspecified atom stereocenters. The van der Waals surface area contributed by atoms with Crippen molar-refractivity contribution < 1.29 is 14.6 Å². The first-order valence-electron chi connectivity index (χ1n) is 5.92. The second-order valence-corrected chi connectivity index (χ2v) is 6.06. The summed E-state index contributed by atoms with van der Waals surface area (Å²) in [6.07, 6.45) is 1.51. The molecular weight excluding hydrogens is 357 g/mol. The predicted molar refractivity (Wildman–Crippen MR) is 80.2 cm³/mol. The van der Waals surface area contributed by atoms with Gasteiger partial charge in [0.1, 0.15) is 5.75 Å². The first kappa shape index (κ1) is 15.8. The average molecular weight is 373 g/mol. The third-order valence-electron chi connectivity index (χ3n) is 2.68. The maximum absolute atomic E-state index is 10.9. The zero-order chi connectivity index (χ0) is 14.5. The summed E-state index contributed by atoms with van der Waals surface area (Å²) in [5.41, 5.74) is -0.132. The van der Waals surface area contributed by atoms with Crippen LogP contribution in [0.5, 0.6) is 5.75 Å². The third-order valence-corrected chi connectivity index (χ3v) is 3.58. The van der Waals surface area contributed by atoms with Crippen LogP contribution in [0.4, 0.5) is 0 Å². The van der Waals surface area contributed by atoms with Crippen LogP contribution in [0.3, 0.4) is 0 Å². The molecule has 0 radical (unpaired) electrons. The molecule has 0 saturated heterocycles. The Morgan fingerprint density at radius 3 is 2.79 bits per heavy atom. The second kappa shape index (κ2) is 6.75. The lowest BCUT2D eigenvalue weighted by Gasteiger charge is -2.15. The maximum Gasteiger partial charge on any atom is 0.335 e. The van der Waals surface area contributed by atoms with Gasteiger partial charge in [0.25, 0.3) is 0 Å². The molecule has 1 aromatic carbocycles. The first-order chi connectivity index (χ1) is 8.85. The Morgan fingerprint density at radius 2 is 2.21 bits per heavy atom. The van der Waals surface area contributed by atoms with Crippen LogP contribution in [0.2, 0.25) is 0 Å². The molecule has 0 atom stereocenters. The van der Waals surface area contributed by atoms with Crippen molar-refractivity contribution in [3.05, 3.63) is 27.3 Å². The third kappa shape index (κ3) is 5.07. The summed E-state index contributed by atoms with van der Waals surface area (Å²) in [6, 6.07) is 7.04. The van der Waals surface area contributed by atoms with Crippen molar-refractivity contribution in [3.8, 4) is 11.8 Å². The van der Waals surface area contributed by atoms with Crippen LogP contribution in [0.1, 0.15) is 37.0 Å². The van der Waals surface area contributed by atoms with Crippen LogP contribution in [-0.4, -0.2) is 17.7 Å². The summed E-state index contributed by atoms with van der Waals surface area (Å²) in [5.74, 6) is -0.387. The van der Waals surface area contributed by atoms with Crippen molar-refractivity contribution in [2.75, 3.05) is 6.61 Å². The maximum atomic E-state index is 10.9. The van der Waals surface area contributed by atoms with E-state index < -0.39 is 5.97 Å². The smallest absolute Gasteiger partial charge is 0.335 e. The Labute approximate surface area is 126 Å². The Hall–Kier alpha value is -1.29. The highest BCUT2D eigenvalue weighted by molar-refractivity contribution is 14.1. The molecule has 0 fully saturated rings. The quantitative estimate of drug-likeness (QED) is 0.610. The second-order valence-electron chi connectivity index (χ2n) is 4.90. The normalized spacial score (nSPS) is 10.8. The van der Waals surface area contributed by atoms with E-state index in [1.54, 1.807) is 12.1 Å². The number of aromatic carboxylic acids is 1. The lowest BCUT2D eigenvalue weighted by molar-refractivity contribution is 0.0696. The number of nitrogens with zero attached hydrogens (tertiary/aromatic N) is 1. The molecule has 1 rings (SSSR count). The number of rotatable bonds is 6. The molecule has 0 amide bonds. The zero-order valence-corrected chi connectivity index (χ0v) is 13.1. The molecule has 0 saturated carbocycles. The van der Waals surface area contributed by atoms with E-state index in [-0.39, 0.29) is 11.0 Å². The highest BCUT2D eigenvalue weighted by Gasteiger charge is 2.16. The van der Waals surface area contributed by atoms with Gasteiger partial charge in [0.05, 0.1) is 27.2 Å². The molecule has 102 valence electrons. The van der Waals surface area contributed by atoms with Crippen molar-refractivity contribution in [2.24, 2.45) is 5.41 Å². The highest BCUT2D eigenvalue weighted by Crippen LogP contribution is 2.24. The Bertz CT molecular complexity index is 506. The van der Waals surface area contributed by atoms with E-state index in [4.69, 9.17) is 15.1 Å². The van der Waals surface area contributed by atoms with E-state index in [9.17, 15) is 4.79 Å². The van der Waals surface area contributed by atoms with Gasteiger partial charge < -0.3 is 9.84 Å². The van der Waals surface area contributed by atoms with Crippen LogP contribution < -0.4 is 4.74 Å². The van der Waals surface area contributed by atoms with E-state index >= 15 is 0 Å². The Balaban J connectivity index is 2.56. The average Bonchev–Trinajstić information content (AvgIpc) is 2.36. The predicted octanol–water partition coefficient (Wildman–Crippen LogP) is 3.70. The topological polar surface area (TPSA) is 70.3 Å². The molecule has 5 heteroatoms. The Morgan fingerprint density at radius 1 is 1.53 bits per heavy atom. The van der Waals surface area contributed by atoms with Gasteiger partial charge in [-0.1, -0.05) is 0 Å². The molecule has 0 aromatic heterocycles. The molecule has 1 aromatic rings. The fourth-order valence-corrected chi connectivity index (χ4v) is 1.99. The van der Waals surface area contributed by atoms with Gasteiger partial charge in [0.15, 0.2) is 0 Å². The van der Waals surface area contributed by atoms with Crippen LogP contribution >= 0.6 is 22.6 Å². The fourth-order valence-electron chi connectivity index (χ4n) is 1.50. The number of halogens is 1. The number of ether oxygens (including phenoxy) is 1. The van der Waals surface area contributed by atoms with Crippen LogP contribution in [-0.2, 0) is 0 Å². The number of carbonyl (C=O) groups is 1. The van der Waals surface area contributed by atoms with Crippen molar-refractivity contribution in [1.82, 2.24) is 0 Å². The van der Waals surface area contributed by atoms with Crippen molar-refractivity contribution >= 4 is 28.6 Å². The van der Waals surface area contributed by atoms with Gasteiger partial charge in [-0.15, -0.1) is 0 Å². The summed E-state index contributed by atoms with van der Waals surface area (Å²) < 4.78 is 6.46. The van der Waals surface area contributed by atoms with Gasteiger partial charge in [-0.05, 0) is 67.5 Å². The van der Waals surface area contributed by atoms with Gasteiger partial charge in [-0.2, -0.15) is 5.26 Å². The van der Waals surface area contributed by atoms with E-state index in [1.807, 2.05) is 13.8 Å². The largest absolute Gasteiger partial charge is 0.492 e. The molecular formula is C14H16INO3. The molecule has 0 bridgehead atoms. The van der Waals surface area contributed by atoms with E-state index in [2.05, 4.69) is 28.7 Å². The van der Waals surface area contributed by atoms with Crippen LogP contribution in [0.15, 0.2) is 18.2 Å². The van der Waals surface area contributed by atoms with Crippen molar-refractivity contribution in [1.29, 1.82) is 5.26 Å². The van der Waals surface area contributed by atoms with Gasteiger partial charge in [-0.25, -0.2) is 4.79 Å². The Kier molecular flexibility index (Phi) is 5.60. The molecule has 0 heterocycles. The molecule has 4 nitrogen and oxygen atoms in total. The van der Waals surface area contributed by atoms with E-state index in [0.717, 1.165) is 16.4 Å². The highest BCUT2D eigenvalue weighted by atomic mass is 127. The van der Waals surface area contributed by atoms with Gasteiger partial charge >= 0.3 is 5.97 Å². The van der Waals surface area contributed by atoms with Gasteiger partial charge in [0.2, 0.25) is 0 Å². The minimum absolute atomic E-state index is 0.216. The van der Waals surface area contributed by atoms with E-state index in [0.29, 0.717) is 12.4 Å². The standard InChI is InChI=1S/C14H16INO3/c1-14(2,9-16)6-3-7-19-12-8-10(13(17)18)4-5-11(12)15/h4-5,8H,3,6-7H2,1-2H3,(H,17,18). The zero-order valence-electron chi connectivity index (χ0n) is 10.9. The molecule has 0 aliphatic carbocycles. The molecule has 0 aliphatic rings. The number of nitriles is 1.